The van der Waals surface area contributed by atoms with Crippen LogP contribution in [0.2, 0.25) is 8.87 Å². The Morgan fingerprint density at radius 1 is 0.537 bits per heavy atom. The Bertz CT molecular complexity index is 742. The van der Waals surface area contributed by atoms with Gasteiger partial charge < -0.3 is 0 Å². The minimum absolute atomic E-state index is 0.296. The van der Waals surface area contributed by atoms with Gasteiger partial charge in [-0.3, -0.25) is 0 Å². The summed E-state index contributed by atoms with van der Waals surface area (Å²) in [7, 11) is 0. The first-order chi connectivity index (χ1) is 19.7. The van der Waals surface area contributed by atoms with Crippen LogP contribution in [0, 0.1) is 11.8 Å². The first kappa shape index (κ1) is 39.2. The maximum atomic E-state index is 12.8. The molecule has 2 atom stereocenters. The van der Waals surface area contributed by atoms with Gasteiger partial charge in [0.05, 0.1) is 0 Å². The number of unbranched alkanes of at least 4 members (excludes halogenated alkanes) is 4. The average Bonchev–Trinajstić information content (AvgIpc) is 2.97. The van der Waals surface area contributed by atoms with Crippen LogP contribution in [0.5, 0.6) is 0 Å². The molecule has 0 saturated heterocycles. The standard InChI is InChI=1S/2C12H20O4.2C4H9.Sn/c2*1-3-5-6-10(4-2)9-16-12(15)8-7-11(13)14;2*1-3-4-2;/h2*7-8,10H,3-6,9H2,1-2H3,(H,13,14);2*1,3-4H2,2H3;/q;;;;+2/p-2/b2*8-7+;;;/t2*10-;;;/m10.../s1. The summed E-state index contributed by atoms with van der Waals surface area (Å²) in [5.74, 6) is -2.03. The van der Waals surface area contributed by atoms with Crippen LogP contribution in [-0.4, -0.2) is 56.3 Å². The molecule has 0 unspecified atom stereocenters. The van der Waals surface area contributed by atoms with Crippen molar-refractivity contribution in [1.29, 1.82) is 0 Å². The van der Waals surface area contributed by atoms with Crippen LogP contribution in [0.1, 0.15) is 119 Å². The predicted octanol–water partition coefficient (Wildman–Crippen LogP) is 7.75. The van der Waals surface area contributed by atoms with Crippen LogP contribution in [-0.2, 0) is 34.8 Å². The molecule has 0 spiro atoms. The number of esters is 2. The number of ether oxygens (including phenoxy) is 2. The van der Waals surface area contributed by atoms with Crippen LogP contribution >= 0.6 is 0 Å². The minimum atomic E-state index is -4.26. The van der Waals surface area contributed by atoms with Crippen molar-refractivity contribution >= 4 is 43.1 Å². The van der Waals surface area contributed by atoms with Gasteiger partial charge in [0.15, 0.2) is 0 Å². The van der Waals surface area contributed by atoms with E-state index >= 15 is 0 Å². The van der Waals surface area contributed by atoms with Crippen molar-refractivity contribution < 1.29 is 34.8 Å². The molecule has 0 bridgehead atoms. The Morgan fingerprint density at radius 2 is 0.878 bits per heavy atom. The molecule has 0 heterocycles. The summed E-state index contributed by atoms with van der Waals surface area (Å²) in [4.78, 5) is 50.0. The van der Waals surface area contributed by atoms with Gasteiger partial charge in [-0.1, -0.05) is 0 Å². The SMILES string of the molecule is CCCC[C@@H](CC)COC(=O)/C=C/C(=O)[O][Sn]([CH2]CCC)([CH2]CCC)[O]C(=O)/C=C/C(=O)OC[C@@H](CC)CCCC. The second-order valence-electron chi connectivity index (χ2n) is 10.7. The molecular weight excluding hydrogens is 631 g/mol. The number of hydrogen-bond donors (Lipinski definition) is 0. The van der Waals surface area contributed by atoms with Gasteiger partial charge in [0.2, 0.25) is 0 Å². The summed E-state index contributed by atoms with van der Waals surface area (Å²) in [6, 6.07) is 0. The van der Waals surface area contributed by atoms with Crippen molar-refractivity contribution in [1.82, 2.24) is 0 Å². The Morgan fingerprint density at radius 3 is 1.20 bits per heavy atom. The fraction of sp³-hybridized carbons (Fsp3) is 0.750. The molecule has 0 N–H and O–H groups in total. The quantitative estimate of drug-likeness (QED) is 0.0577. The number of carbonyl (C=O) groups is 4. The van der Waals surface area contributed by atoms with Crippen molar-refractivity contribution in [2.24, 2.45) is 11.8 Å². The summed E-state index contributed by atoms with van der Waals surface area (Å²) >= 11 is -4.26. The van der Waals surface area contributed by atoms with Crippen LogP contribution in [0.3, 0.4) is 0 Å². The van der Waals surface area contributed by atoms with Crippen LogP contribution in [0.25, 0.3) is 0 Å². The first-order valence-corrected chi connectivity index (χ1v) is 22.2. The topological polar surface area (TPSA) is 105 Å². The van der Waals surface area contributed by atoms with Gasteiger partial charge in [-0.2, -0.15) is 0 Å². The summed E-state index contributed by atoms with van der Waals surface area (Å²) < 4.78 is 23.4. The molecule has 0 rings (SSSR count). The van der Waals surface area contributed by atoms with E-state index in [9.17, 15) is 19.2 Å². The third-order valence-electron chi connectivity index (χ3n) is 7.12. The second-order valence-corrected chi connectivity index (χ2v) is 19.9. The van der Waals surface area contributed by atoms with E-state index in [1.807, 2.05) is 13.8 Å². The summed E-state index contributed by atoms with van der Waals surface area (Å²) in [6.45, 7) is 13.0. The fourth-order valence-electron chi connectivity index (χ4n) is 4.24. The summed E-state index contributed by atoms with van der Waals surface area (Å²) in [6.07, 6.45) is 15.6. The van der Waals surface area contributed by atoms with E-state index in [2.05, 4.69) is 27.7 Å². The van der Waals surface area contributed by atoms with E-state index < -0.39 is 43.1 Å². The number of rotatable bonds is 24. The van der Waals surface area contributed by atoms with Gasteiger partial charge in [-0.25, -0.2) is 0 Å². The molecule has 0 fully saturated rings. The van der Waals surface area contributed by atoms with Crippen molar-refractivity contribution in [3.8, 4) is 0 Å². The van der Waals surface area contributed by atoms with E-state index in [4.69, 9.17) is 15.6 Å². The molecule has 0 radical (unpaired) electrons. The van der Waals surface area contributed by atoms with Crippen LogP contribution in [0.15, 0.2) is 24.3 Å². The third kappa shape index (κ3) is 19.8. The molecule has 0 aliphatic rings. The molecule has 0 aromatic rings. The molecule has 0 amide bonds. The number of hydrogen-bond acceptors (Lipinski definition) is 8. The molecule has 8 nitrogen and oxygen atoms in total. The van der Waals surface area contributed by atoms with Gasteiger partial charge in [0, 0.05) is 0 Å². The van der Waals surface area contributed by atoms with E-state index in [1.54, 1.807) is 0 Å². The normalized spacial score (nSPS) is 13.2. The Balaban J connectivity index is 5.30. The van der Waals surface area contributed by atoms with Gasteiger partial charge in [-0.05, 0) is 0 Å². The molecule has 0 saturated carbocycles. The Labute approximate surface area is 253 Å². The zero-order chi connectivity index (χ0) is 30.9. The molecule has 0 aromatic carbocycles. The monoisotopic (exact) mass is 688 g/mol. The van der Waals surface area contributed by atoms with Crippen LogP contribution in [0.4, 0.5) is 0 Å². The Kier molecular flexibility index (Phi) is 23.6. The summed E-state index contributed by atoms with van der Waals surface area (Å²) in [5, 5.41) is 0. The second kappa shape index (κ2) is 24.7. The molecule has 236 valence electrons. The van der Waals surface area contributed by atoms with Crippen molar-refractivity contribution in [2.75, 3.05) is 13.2 Å². The third-order valence-corrected chi connectivity index (χ3v) is 16.8. The van der Waals surface area contributed by atoms with Crippen molar-refractivity contribution in [2.45, 2.75) is 127 Å². The molecule has 0 aliphatic heterocycles. The van der Waals surface area contributed by atoms with Gasteiger partial charge in [0.1, 0.15) is 0 Å². The van der Waals surface area contributed by atoms with E-state index in [1.165, 1.54) is 0 Å². The molecule has 9 heteroatoms. The van der Waals surface area contributed by atoms with Gasteiger partial charge in [0.25, 0.3) is 0 Å². The zero-order valence-electron chi connectivity index (χ0n) is 26.5. The van der Waals surface area contributed by atoms with Crippen molar-refractivity contribution in [3.05, 3.63) is 24.3 Å². The molecular formula is C32H56O8Sn. The zero-order valence-corrected chi connectivity index (χ0v) is 29.4. The van der Waals surface area contributed by atoms with E-state index in [-0.39, 0.29) is 0 Å². The van der Waals surface area contributed by atoms with E-state index in [0.717, 1.165) is 101 Å². The predicted molar refractivity (Wildman–Crippen MR) is 164 cm³/mol. The van der Waals surface area contributed by atoms with Crippen molar-refractivity contribution in [3.63, 3.8) is 0 Å². The Hall–Kier alpha value is -1.84. The average molecular weight is 688 g/mol. The van der Waals surface area contributed by atoms with E-state index in [0.29, 0.717) is 33.9 Å². The van der Waals surface area contributed by atoms with Gasteiger partial charge >= 0.3 is 255 Å². The fourth-order valence-corrected chi connectivity index (χ4v) is 13.8. The number of carbonyl (C=O) groups excluding carboxylic acids is 4. The summed E-state index contributed by atoms with van der Waals surface area (Å²) in [5.41, 5.74) is 0. The molecule has 0 aliphatic carbocycles. The van der Waals surface area contributed by atoms with Gasteiger partial charge in [-0.15, -0.1) is 0 Å². The first-order valence-electron chi connectivity index (χ1n) is 15.8. The molecule has 0 aromatic heterocycles. The maximum absolute atomic E-state index is 12.8. The molecule has 41 heavy (non-hydrogen) atoms. The van der Waals surface area contributed by atoms with Crippen LogP contribution < -0.4 is 0 Å².